The molecule has 6 nitrogen and oxygen atoms in total. The van der Waals surface area contributed by atoms with Crippen molar-refractivity contribution in [2.45, 2.75) is 13.8 Å². The molecule has 6 heteroatoms. The highest BCUT2D eigenvalue weighted by molar-refractivity contribution is 6.36. The van der Waals surface area contributed by atoms with Crippen LogP contribution in [0.4, 0.5) is 11.4 Å². The van der Waals surface area contributed by atoms with E-state index in [1.165, 1.54) is 10.6 Å². The molecule has 0 aromatic heterocycles. The zero-order valence-electron chi connectivity index (χ0n) is 17.6. The van der Waals surface area contributed by atoms with Crippen LogP contribution in [0.5, 0.6) is 0 Å². The van der Waals surface area contributed by atoms with Crippen LogP contribution in [0.2, 0.25) is 0 Å². The van der Waals surface area contributed by atoms with Gasteiger partial charge in [0.25, 0.3) is 11.8 Å². The predicted octanol–water partition coefficient (Wildman–Crippen LogP) is 3.04. The van der Waals surface area contributed by atoms with Gasteiger partial charge in [-0.15, -0.1) is 0 Å². The molecule has 2 heterocycles. The Morgan fingerprint density at radius 3 is 2.07 bits per heavy atom. The Morgan fingerprint density at radius 1 is 0.800 bits per heavy atom. The first kappa shape index (κ1) is 20.2. The van der Waals surface area contributed by atoms with Gasteiger partial charge in [-0.25, -0.2) is 0 Å². The minimum atomic E-state index is -0.277. The van der Waals surface area contributed by atoms with Crippen molar-refractivity contribution in [3.8, 4) is 0 Å². The average molecular weight is 405 g/mol. The largest absolute Gasteiger partial charge is 0.369 e. The van der Waals surface area contributed by atoms with Gasteiger partial charge in [0.05, 0.1) is 5.57 Å². The third-order valence-electron chi connectivity index (χ3n) is 5.87. The van der Waals surface area contributed by atoms with E-state index in [9.17, 15) is 9.59 Å². The van der Waals surface area contributed by atoms with Crippen molar-refractivity contribution in [3.05, 3.63) is 65.9 Å². The quantitative estimate of drug-likeness (QED) is 0.750. The number of rotatable bonds is 6. The van der Waals surface area contributed by atoms with E-state index in [0.29, 0.717) is 17.8 Å². The SMILES string of the molecule is CCN1CCN(c2ccc(NC3=C(c4ccccc4)C(=O)N(CC)C3=O)cc2)CC1. The summed E-state index contributed by atoms with van der Waals surface area (Å²) in [6.45, 7) is 9.64. The van der Waals surface area contributed by atoms with Gasteiger partial charge < -0.3 is 15.1 Å². The van der Waals surface area contributed by atoms with Crippen LogP contribution in [0.25, 0.3) is 5.57 Å². The number of carbonyl (C=O) groups is 2. The molecule has 0 atom stereocenters. The topological polar surface area (TPSA) is 55.9 Å². The molecule has 1 saturated heterocycles. The van der Waals surface area contributed by atoms with Crippen molar-refractivity contribution in [3.63, 3.8) is 0 Å². The number of nitrogens with zero attached hydrogens (tertiary/aromatic N) is 3. The Balaban J connectivity index is 1.56. The van der Waals surface area contributed by atoms with Crippen LogP contribution in [0.3, 0.4) is 0 Å². The molecular weight excluding hydrogens is 376 g/mol. The van der Waals surface area contributed by atoms with Crippen molar-refractivity contribution in [2.75, 3.05) is 49.5 Å². The summed E-state index contributed by atoms with van der Waals surface area (Å²) in [5.41, 5.74) is 3.50. The highest BCUT2D eigenvalue weighted by Gasteiger charge is 2.38. The van der Waals surface area contributed by atoms with Gasteiger partial charge in [0, 0.05) is 44.1 Å². The third kappa shape index (κ3) is 3.83. The summed E-state index contributed by atoms with van der Waals surface area (Å²) >= 11 is 0. The van der Waals surface area contributed by atoms with Gasteiger partial charge in [-0.2, -0.15) is 0 Å². The van der Waals surface area contributed by atoms with E-state index in [1.807, 2.05) is 49.4 Å². The zero-order valence-corrected chi connectivity index (χ0v) is 17.6. The van der Waals surface area contributed by atoms with Gasteiger partial charge in [0.15, 0.2) is 0 Å². The second-order valence-electron chi connectivity index (χ2n) is 7.56. The van der Waals surface area contributed by atoms with Gasteiger partial charge in [0.2, 0.25) is 0 Å². The molecule has 2 amide bonds. The molecule has 0 saturated carbocycles. The van der Waals surface area contributed by atoms with Crippen LogP contribution in [0.1, 0.15) is 19.4 Å². The molecule has 0 spiro atoms. The van der Waals surface area contributed by atoms with Crippen molar-refractivity contribution in [1.29, 1.82) is 0 Å². The molecule has 2 aliphatic rings. The summed E-state index contributed by atoms with van der Waals surface area (Å²) in [5.74, 6) is -0.525. The van der Waals surface area contributed by atoms with Crippen LogP contribution >= 0.6 is 0 Å². The zero-order chi connectivity index (χ0) is 21.1. The number of nitrogens with one attached hydrogen (secondary N) is 1. The number of piperazine rings is 1. The normalized spacial score (nSPS) is 17.8. The smallest absolute Gasteiger partial charge is 0.278 e. The Labute approximate surface area is 177 Å². The first-order chi connectivity index (χ1) is 14.6. The lowest BCUT2D eigenvalue weighted by Gasteiger charge is -2.35. The molecule has 4 rings (SSSR count). The molecule has 1 fully saturated rings. The van der Waals surface area contributed by atoms with Crippen LogP contribution < -0.4 is 10.2 Å². The van der Waals surface area contributed by atoms with Crippen molar-refractivity contribution >= 4 is 28.8 Å². The first-order valence-electron chi connectivity index (χ1n) is 10.6. The van der Waals surface area contributed by atoms with Crippen molar-refractivity contribution < 1.29 is 9.59 Å². The molecule has 0 bridgehead atoms. The van der Waals surface area contributed by atoms with Crippen LogP contribution in [0.15, 0.2) is 60.3 Å². The van der Waals surface area contributed by atoms with Crippen LogP contribution in [0, 0.1) is 0 Å². The van der Waals surface area contributed by atoms with Crippen LogP contribution in [-0.4, -0.2) is 60.9 Å². The molecule has 156 valence electrons. The molecule has 0 unspecified atom stereocenters. The summed E-state index contributed by atoms with van der Waals surface area (Å²) in [6, 6.07) is 17.5. The van der Waals surface area contributed by atoms with Crippen LogP contribution in [-0.2, 0) is 9.59 Å². The molecular formula is C24H28N4O2. The van der Waals surface area contributed by atoms with Crippen molar-refractivity contribution in [2.24, 2.45) is 0 Å². The summed E-state index contributed by atoms with van der Waals surface area (Å²) < 4.78 is 0. The van der Waals surface area contributed by atoms with E-state index in [2.05, 4.69) is 34.2 Å². The molecule has 2 aromatic rings. The minimum Gasteiger partial charge on any atom is -0.369 e. The van der Waals surface area contributed by atoms with Gasteiger partial charge in [-0.1, -0.05) is 37.3 Å². The fraction of sp³-hybridized carbons (Fsp3) is 0.333. The maximum absolute atomic E-state index is 12.9. The lowest BCUT2D eigenvalue weighted by molar-refractivity contribution is -0.136. The number of anilines is 2. The van der Waals surface area contributed by atoms with E-state index in [-0.39, 0.29) is 11.8 Å². The molecule has 0 aliphatic carbocycles. The fourth-order valence-electron chi connectivity index (χ4n) is 4.07. The van der Waals surface area contributed by atoms with E-state index in [0.717, 1.165) is 44.0 Å². The Hall–Kier alpha value is -3.12. The highest BCUT2D eigenvalue weighted by atomic mass is 16.2. The van der Waals surface area contributed by atoms with Crippen molar-refractivity contribution in [1.82, 2.24) is 9.80 Å². The summed E-state index contributed by atoms with van der Waals surface area (Å²) in [5, 5.41) is 3.22. The van der Waals surface area contributed by atoms with Gasteiger partial charge in [0.1, 0.15) is 5.70 Å². The number of benzene rings is 2. The standard InChI is InChI=1S/C24H28N4O2/c1-3-26-14-16-27(17-15-26)20-12-10-19(11-13-20)25-22-21(18-8-6-5-7-9-18)23(29)28(4-2)24(22)30/h5-13,25H,3-4,14-17H2,1-2H3. The maximum atomic E-state index is 12.9. The monoisotopic (exact) mass is 404 g/mol. The number of imide groups is 1. The number of hydrogen-bond donors (Lipinski definition) is 1. The van der Waals surface area contributed by atoms with Gasteiger partial charge in [-0.05, 0) is 43.3 Å². The molecule has 30 heavy (non-hydrogen) atoms. The second-order valence-corrected chi connectivity index (χ2v) is 7.56. The molecule has 1 N–H and O–H groups in total. The summed E-state index contributed by atoms with van der Waals surface area (Å²) in [7, 11) is 0. The Bertz CT molecular complexity index is 945. The van der Waals surface area contributed by atoms with Gasteiger partial charge in [-0.3, -0.25) is 14.5 Å². The first-order valence-corrected chi connectivity index (χ1v) is 10.6. The average Bonchev–Trinajstić information content (AvgIpc) is 3.03. The lowest BCUT2D eigenvalue weighted by atomic mass is 10.0. The third-order valence-corrected chi connectivity index (χ3v) is 5.87. The molecule has 2 aliphatic heterocycles. The number of likely N-dealkylation sites (N-methyl/N-ethyl adjacent to an activating group) is 2. The van der Waals surface area contributed by atoms with E-state index >= 15 is 0 Å². The molecule has 0 radical (unpaired) electrons. The Morgan fingerprint density at radius 2 is 1.47 bits per heavy atom. The highest BCUT2D eigenvalue weighted by Crippen LogP contribution is 2.30. The van der Waals surface area contributed by atoms with E-state index in [4.69, 9.17) is 0 Å². The van der Waals surface area contributed by atoms with Gasteiger partial charge >= 0.3 is 0 Å². The number of carbonyl (C=O) groups excluding carboxylic acids is 2. The number of hydrogen-bond acceptors (Lipinski definition) is 5. The summed E-state index contributed by atoms with van der Waals surface area (Å²) in [6.07, 6.45) is 0. The summed E-state index contributed by atoms with van der Waals surface area (Å²) in [4.78, 5) is 31.9. The maximum Gasteiger partial charge on any atom is 0.278 e. The molecule has 2 aromatic carbocycles. The Kier molecular flexibility index (Phi) is 5.86. The fourth-order valence-corrected chi connectivity index (χ4v) is 4.07. The predicted molar refractivity (Wildman–Crippen MR) is 120 cm³/mol. The van der Waals surface area contributed by atoms with E-state index in [1.54, 1.807) is 0 Å². The number of amides is 2. The lowest BCUT2D eigenvalue weighted by Crippen LogP contribution is -2.46. The minimum absolute atomic E-state index is 0.249. The second kappa shape index (κ2) is 8.71. The van der Waals surface area contributed by atoms with E-state index < -0.39 is 0 Å².